The molecule has 0 saturated heterocycles. The molecule has 1 atom stereocenters. The third kappa shape index (κ3) is 4.09. The number of para-hydroxylation sites is 1. The SMILES string of the molecule is CCCCCN1C(=O)C(O)=C(C(=O)CC(C)C)C1c1ccccc1OC. The number of rotatable bonds is 9. The molecule has 0 saturated carbocycles. The summed E-state index contributed by atoms with van der Waals surface area (Å²) in [5.41, 5.74) is 0.931. The third-order valence-corrected chi connectivity index (χ3v) is 4.63. The maximum absolute atomic E-state index is 12.8. The van der Waals surface area contributed by atoms with E-state index in [4.69, 9.17) is 4.74 Å². The van der Waals surface area contributed by atoms with Gasteiger partial charge in [0.15, 0.2) is 11.5 Å². The van der Waals surface area contributed by atoms with Crippen molar-refractivity contribution >= 4 is 11.7 Å². The number of ketones is 1. The molecule has 1 unspecified atom stereocenters. The van der Waals surface area contributed by atoms with Crippen LogP contribution >= 0.6 is 0 Å². The fourth-order valence-electron chi connectivity index (χ4n) is 3.40. The van der Waals surface area contributed by atoms with E-state index in [0.29, 0.717) is 18.7 Å². The molecule has 5 heteroatoms. The Balaban J connectivity index is 2.49. The molecule has 0 radical (unpaired) electrons. The van der Waals surface area contributed by atoms with Crippen LogP contribution < -0.4 is 4.74 Å². The number of nitrogens with zero attached hydrogens (tertiary/aromatic N) is 1. The summed E-state index contributed by atoms with van der Waals surface area (Å²) in [6.45, 7) is 6.49. The summed E-state index contributed by atoms with van der Waals surface area (Å²) in [6.07, 6.45) is 3.13. The molecular formula is C21H29NO4. The molecular weight excluding hydrogens is 330 g/mol. The first-order valence-corrected chi connectivity index (χ1v) is 9.32. The van der Waals surface area contributed by atoms with Gasteiger partial charge in [-0.15, -0.1) is 0 Å². The Labute approximate surface area is 155 Å². The lowest BCUT2D eigenvalue weighted by Crippen LogP contribution is -2.32. The second-order valence-corrected chi connectivity index (χ2v) is 7.13. The van der Waals surface area contributed by atoms with Crippen LogP contribution in [0.2, 0.25) is 0 Å². The Hall–Kier alpha value is -2.30. The molecule has 0 aromatic heterocycles. The van der Waals surface area contributed by atoms with E-state index in [1.165, 1.54) is 0 Å². The zero-order valence-electron chi connectivity index (χ0n) is 16.1. The molecule has 1 aromatic carbocycles. The smallest absolute Gasteiger partial charge is 0.290 e. The van der Waals surface area contributed by atoms with Gasteiger partial charge in [0.05, 0.1) is 18.7 Å². The number of aliphatic hydroxyl groups excluding tert-OH is 1. The van der Waals surface area contributed by atoms with Crippen molar-refractivity contribution in [3.63, 3.8) is 0 Å². The van der Waals surface area contributed by atoms with Crippen LogP contribution in [0.25, 0.3) is 0 Å². The van der Waals surface area contributed by atoms with Crippen molar-refractivity contribution < 1.29 is 19.4 Å². The highest BCUT2D eigenvalue weighted by molar-refractivity contribution is 6.09. The summed E-state index contributed by atoms with van der Waals surface area (Å²) in [4.78, 5) is 27.1. The lowest BCUT2D eigenvalue weighted by Gasteiger charge is -2.28. The van der Waals surface area contributed by atoms with E-state index < -0.39 is 17.7 Å². The van der Waals surface area contributed by atoms with E-state index in [1.54, 1.807) is 12.0 Å². The van der Waals surface area contributed by atoms with E-state index in [0.717, 1.165) is 24.8 Å². The van der Waals surface area contributed by atoms with Crippen LogP contribution in [-0.4, -0.2) is 35.4 Å². The molecule has 0 fully saturated rings. The van der Waals surface area contributed by atoms with Crippen molar-refractivity contribution in [1.29, 1.82) is 0 Å². The monoisotopic (exact) mass is 359 g/mol. The first-order chi connectivity index (χ1) is 12.4. The fourth-order valence-corrected chi connectivity index (χ4v) is 3.40. The Morgan fingerprint density at radius 3 is 2.58 bits per heavy atom. The molecule has 1 aromatic rings. The lowest BCUT2D eigenvalue weighted by molar-refractivity contribution is -0.129. The van der Waals surface area contributed by atoms with Gasteiger partial charge in [-0.05, 0) is 18.4 Å². The van der Waals surface area contributed by atoms with E-state index >= 15 is 0 Å². The predicted molar refractivity (Wildman–Crippen MR) is 101 cm³/mol. The summed E-state index contributed by atoms with van der Waals surface area (Å²) in [7, 11) is 1.57. The van der Waals surface area contributed by atoms with Crippen molar-refractivity contribution in [1.82, 2.24) is 4.90 Å². The number of carbonyl (C=O) groups is 2. The van der Waals surface area contributed by atoms with E-state index in [1.807, 2.05) is 38.1 Å². The predicted octanol–water partition coefficient (Wildman–Crippen LogP) is 4.20. The van der Waals surface area contributed by atoms with Crippen LogP contribution in [0.4, 0.5) is 0 Å². The van der Waals surface area contributed by atoms with Crippen LogP contribution in [0.5, 0.6) is 5.75 Å². The van der Waals surface area contributed by atoms with Gasteiger partial charge in [-0.3, -0.25) is 9.59 Å². The molecule has 1 aliphatic rings. The minimum Gasteiger partial charge on any atom is -0.503 e. The summed E-state index contributed by atoms with van der Waals surface area (Å²) in [6, 6.07) is 6.77. The quantitative estimate of drug-likeness (QED) is 0.671. The van der Waals surface area contributed by atoms with Gasteiger partial charge in [0, 0.05) is 18.5 Å². The van der Waals surface area contributed by atoms with Crippen molar-refractivity contribution in [3.8, 4) is 5.75 Å². The highest BCUT2D eigenvalue weighted by Crippen LogP contribution is 2.42. The number of hydrogen-bond donors (Lipinski definition) is 1. The first kappa shape index (κ1) is 20.0. The van der Waals surface area contributed by atoms with Crippen LogP contribution in [0, 0.1) is 5.92 Å². The molecule has 26 heavy (non-hydrogen) atoms. The summed E-state index contributed by atoms with van der Waals surface area (Å²) in [5, 5.41) is 10.5. The second kappa shape index (κ2) is 8.88. The number of Topliss-reactive ketones (excluding diaryl/α,β-unsaturated/α-hetero) is 1. The number of hydrogen-bond acceptors (Lipinski definition) is 4. The number of amides is 1. The zero-order valence-corrected chi connectivity index (χ0v) is 16.1. The van der Waals surface area contributed by atoms with Crippen LogP contribution in [0.15, 0.2) is 35.6 Å². The highest BCUT2D eigenvalue weighted by Gasteiger charge is 2.44. The lowest BCUT2D eigenvalue weighted by atomic mass is 9.91. The second-order valence-electron chi connectivity index (χ2n) is 7.13. The Bertz CT molecular complexity index is 693. The van der Waals surface area contributed by atoms with Gasteiger partial charge in [0.2, 0.25) is 0 Å². The van der Waals surface area contributed by atoms with Gasteiger partial charge >= 0.3 is 0 Å². The van der Waals surface area contributed by atoms with Crippen molar-refractivity contribution in [2.75, 3.05) is 13.7 Å². The Kier molecular flexibility index (Phi) is 6.83. The number of ether oxygens (including phenoxy) is 1. The molecule has 142 valence electrons. The molecule has 1 amide bonds. The highest BCUT2D eigenvalue weighted by atomic mass is 16.5. The number of unbranched alkanes of at least 4 members (excludes halogenated alkanes) is 2. The number of carbonyl (C=O) groups excluding carboxylic acids is 2. The average Bonchev–Trinajstić information content (AvgIpc) is 2.86. The maximum atomic E-state index is 12.8. The van der Waals surface area contributed by atoms with Crippen LogP contribution in [-0.2, 0) is 9.59 Å². The van der Waals surface area contributed by atoms with Gasteiger partial charge < -0.3 is 14.7 Å². The Morgan fingerprint density at radius 1 is 1.27 bits per heavy atom. The van der Waals surface area contributed by atoms with E-state index in [2.05, 4.69) is 6.92 Å². The zero-order chi connectivity index (χ0) is 19.3. The normalized spacial score (nSPS) is 17.3. The average molecular weight is 359 g/mol. The third-order valence-electron chi connectivity index (χ3n) is 4.63. The molecule has 2 rings (SSSR count). The topological polar surface area (TPSA) is 66.8 Å². The fraction of sp³-hybridized carbons (Fsp3) is 0.524. The van der Waals surface area contributed by atoms with Gasteiger partial charge in [0.25, 0.3) is 5.91 Å². The van der Waals surface area contributed by atoms with Crippen LogP contribution in [0.1, 0.15) is 58.1 Å². The summed E-state index contributed by atoms with van der Waals surface area (Å²) in [5.74, 6) is -0.312. The largest absolute Gasteiger partial charge is 0.503 e. The standard InChI is InChI=1S/C21H29NO4/c1-5-6-9-12-22-19(15-10-7-8-11-17(15)26-4)18(20(24)21(22)25)16(23)13-14(2)3/h7-8,10-11,14,19,24H,5-6,9,12-13H2,1-4H3. The number of aliphatic hydroxyl groups is 1. The van der Waals surface area contributed by atoms with Crippen molar-refractivity contribution in [2.45, 2.75) is 52.5 Å². The molecule has 0 spiro atoms. The number of methoxy groups -OCH3 is 1. The minimum absolute atomic E-state index is 0.144. The van der Waals surface area contributed by atoms with E-state index in [-0.39, 0.29) is 17.3 Å². The Morgan fingerprint density at radius 2 is 1.96 bits per heavy atom. The molecule has 1 aliphatic heterocycles. The molecule has 0 aliphatic carbocycles. The number of benzene rings is 1. The first-order valence-electron chi connectivity index (χ1n) is 9.32. The minimum atomic E-state index is -0.596. The summed E-state index contributed by atoms with van der Waals surface area (Å²) >= 11 is 0. The van der Waals surface area contributed by atoms with Gasteiger partial charge in [-0.1, -0.05) is 51.8 Å². The maximum Gasteiger partial charge on any atom is 0.290 e. The van der Waals surface area contributed by atoms with Gasteiger partial charge in [-0.25, -0.2) is 0 Å². The molecule has 0 bridgehead atoms. The van der Waals surface area contributed by atoms with Crippen LogP contribution in [0.3, 0.4) is 0 Å². The molecule has 1 N–H and O–H groups in total. The van der Waals surface area contributed by atoms with Crippen molar-refractivity contribution in [3.05, 3.63) is 41.2 Å². The van der Waals surface area contributed by atoms with Gasteiger partial charge in [0.1, 0.15) is 5.75 Å². The summed E-state index contributed by atoms with van der Waals surface area (Å²) < 4.78 is 5.46. The molecule has 1 heterocycles. The van der Waals surface area contributed by atoms with Crippen molar-refractivity contribution in [2.24, 2.45) is 5.92 Å². The van der Waals surface area contributed by atoms with Gasteiger partial charge in [-0.2, -0.15) is 0 Å². The molecule has 5 nitrogen and oxygen atoms in total. The van der Waals surface area contributed by atoms with E-state index in [9.17, 15) is 14.7 Å².